The van der Waals surface area contributed by atoms with Gasteiger partial charge in [0.15, 0.2) is 15.8 Å². The summed E-state index contributed by atoms with van der Waals surface area (Å²) in [6.45, 7) is 4.17. The number of amides is 1. The number of carbonyl (C=O) groups excluding carboxylic acids is 1. The second-order valence-corrected chi connectivity index (χ2v) is 8.93. The highest BCUT2D eigenvalue weighted by Crippen LogP contribution is 2.35. The van der Waals surface area contributed by atoms with Gasteiger partial charge in [0.25, 0.3) is 0 Å². The van der Waals surface area contributed by atoms with E-state index in [2.05, 4.69) is 39.9 Å². The summed E-state index contributed by atoms with van der Waals surface area (Å²) in [6, 6.07) is 13.5. The summed E-state index contributed by atoms with van der Waals surface area (Å²) in [5.41, 5.74) is 2.91. The van der Waals surface area contributed by atoms with E-state index in [1.807, 2.05) is 19.1 Å². The molecule has 3 aromatic rings. The molecule has 29 heavy (non-hydrogen) atoms. The maximum atomic E-state index is 12.5. The van der Waals surface area contributed by atoms with Gasteiger partial charge in [0.2, 0.25) is 17.8 Å². The summed E-state index contributed by atoms with van der Waals surface area (Å²) >= 11 is 2.79. The lowest BCUT2D eigenvalue weighted by Crippen LogP contribution is -2.22. The van der Waals surface area contributed by atoms with Crippen LogP contribution in [0.3, 0.4) is 0 Å². The summed E-state index contributed by atoms with van der Waals surface area (Å²) in [7, 11) is 0. The smallest absolute Gasteiger partial charge is 0.237 e. The minimum atomic E-state index is -0.329. The highest BCUT2D eigenvalue weighted by atomic mass is 32.2. The molecule has 0 spiro atoms. The van der Waals surface area contributed by atoms with Crippen molar-refractivity contribution in [2.24, 2.45) is 0 Å². The van der Waals surface area contributed by atoms with E-state index in [1.54, 1.807) is 18.2 Å². The molecule has 1 aromatic heterocycles. The van der Waals surface area contributed by atoms with Crippen molar-refractivity contribution in [3.05, 3.63) is 48.0 Å². The molecular weight excluding hydrogens is 408 g/mol. The van der Waals surface area contributed by atoms with Crippen LogP contribution in [0.4, 0.5) is 16.5 Å². The number of ether oxygens (including phenoxy) is 2. The topological polar surface area (TPSA) is 85.4 Å². The number of fused-ring (bicyclic) bond motifs is 1. The summed E-state index contributed by atoms with van der Waals surface area (Å²) in [4.78, 5) is 12.5. The first-order valence-electron chi connectivity index (χ1n) is 9.17. The highest BCUT2D eigenvalue weighted by Gasteiger charge is 2.19. The summed E-state index contributed by atoms with van der Waals surface area (Å²) in [5.74, 6) is 1.20. The van der Waals surface area contributed by atoms with Crippen LogP contribution in [0.25, 0.3) is 0 Å². The van der Waals surface area contributed by atoms with Crippen LogP contribution in [0.1, 0.15) is 19.4 Å². The van der Waals surface area contributed by atoms with Crippen molar-refractivity contribution in [1.29, 1.82) is 0 Å². The zero-order valence-corrected chi connectivity index (χ0v) is 17.6. The van der Waals surface area contributed by atoms with Gasteiger partial charge in [0, 0.05) is 17.4 Å². The van der Waals surface area contributed by atoms with Crippen molar-refractivity contribution < 1.29 is 14.3 Å². The first-order chi connectivity index (χ1) is 14.1. The number of hydrogen-bond acceptors (Lipinski definition) is 8. The fraction of sp³-hybridized carbons (Fsp3) is 0.250. The first kappa shape index (κ1) is 19.5. The molecule has 0 radical (unpaired) electrons. The van der Waals surface area contributed by atoms with E-state index in [-0.39, 0.29) is 18.0 Å². The molecule has 1 atom stereocenters. The lowest BCUT2D eigenvalue weighted by atomic mass is 10.1. The number of aromatic nitrogens is 2. The van der Waals surface area contributed by atoms with Crippen LogP contribution in [0.15, 0.2) is 46.8 Å². The molecule has 150 valence electrons. The predicted octanol–water partition coefficient (Wildman–Crippen LogP) is 4.69. The molecule has 7 nitrogen and oxygen atoms in total. The van der Waals surface area contributed by atoms with Gasteiger partial charge in [-0.25, -0.2) is 0 Å². The van der Waals surface area contributed by atoms with Crippen molar-refractivity contribution >= 4 is 45.5 Å². The molecule has 1 aliphatic heterocycles. The van der Waals surface area contributed by atoms with E-state index < -0.39 is 0 Å². The largest absolute Gasteiger partial charge is 0.454 e. The van der Waals surface area contributed by atoms with Gasteiger partial charge in [-0.05, 0) is 43.2 Å². The zero-order chi connectivity index (χ0) is 20.2. The Bertz CT molecular complexity index is 1010. The van der Waals surface area contributed by atoms with Gasteiger partial charge >= 0.3 is 0 Å². The number of thioether (sulfide) groups is 1. The minimum absolute atomic E-state index is 0.117. The Hall–Kier alpha value is -2.78. The van der Waals surface area contributed by atoms with Gasteiger partial charge in [-0.2, -0.15) is 0 Å². The number of anilines is 3. The standard InChI is InChI=1S/C20H20N4O3S2/c1-3-13-4-6-14(7-5-13)22-19-23-24-20(29-19)28-12(2)18(25)21-15-8-9-16-17(10-15)27-11-26-16/h4-10,12H,3,11H2,1-2H3,(H,21,25)(H,22,23)/t12-/m0/s1. The lowest BCUT2D eigenvalue weighted by Gasteiger charge is -2.10. The highest BCUT2D eigenvalue weighted by molar-refractivity contribution is 8.02. The fourth-order valence-electron chi connectivity index (χ4n) is 2.68. The van der Waals surface area contributed by atoms with Gasteiger partial charge in [0.05, 0.1) is 5.25 Å². The third kappa shape index (κ3) is 4.80. The van der Waals surface area contributed by atoms with Gasteiger partial charge in [-0.3, -0.25) is 4.79 Å². The quantitative estimate of drug-likeness (QED) is 0.528. The molecule has 0 aliphatic carbocycles. The second-order valence-electron chi connectivity index (χ2n) is 6.37. The van der Waals surface area contributed by atoms with Crippen LogP contribution >= 0.6 is 23.1 Å². The minimum Gasteiger partial charge on any atom is -0.454 e. The van der Waals surface area contributed by atoms with Crippen molar-refractivity contribution in [2.75, 3.05) is 17.4 Å². The normalized spacial score (nSPS) is 13.2. The molecule has 2 aromatic carbocycles. The van der Waals surface area contributed by atoms with Crippen molar-refractivity contribution in [3.8, 4) is 11.5 Å². The summed E-state index contributed by atoms with van der Waals surface area (Å²) in [6.07, 6.45) is 1.01. The molecule has 4 rings (SSSR count). The molecule has 9 heteroatoms. The number of nitrogens with zero attached hydrogens (tertiary/aromatic N) is 2. The van der Waals surface area contributed by atoms with Crippen molar-refractivity contribution in [3.63, 3.8) is 0 Å². The summed E-state index contributed by atoms with van der Waals surface area (Å²) in [5, 5.41) is 14.8. The van der Waals surface area contributed by atoms with E-state index in [0.29, 0.717) is 22.3 Å². The average molecular weight is 429 g/mol. The van der Waals surface area contributed by atoms with Crippen LogP contribution in [0, 0.1) is 0 Å². The molecule has 0 fully saturated rings. The van der Waals surface area contributed by atoms with Crippen molar-refractivity contribution in [1.82, 2.24) is 10.2 Å². The molecule has 0 saturated heterocycles. The van der Waals surface area contributed by atoms with E-state index in [0.717, 1.165) is 16.4 Å². The van der Waals surface area contributed by atoms with Crippen LogP contribution < -0.4 is 20.1 Å². The Morgan fingerprint density at radius 3 is 2.69 bits per heavy atom. The Balaban J connectivity index is 1.33. The maximum absolute atomic E-state index is 12.5. The molecular formula is C20H20N4O3S2. The second kappa shape index (κ2) is 8.71. The monoisotopic (exact) mass is 428 g/mol. The summed E-state index contributed by atoms with van der Waals surface area (Å²) < 4.78 is 11.3. The molecule has 0 bridgehead atoms. The molecule has 1 aliphatic rings. The van der Waals surface area contributed by atoms with Crippen LogP contribution in [0.5, 0.6) is 11.5 Å². The Kier molecular flexibility index (Phi) is 5.86. The SMILES string of the molecule is CCc1ccc(Nc2nnc(S[C@@H](C)C(=O)Nc3ccc4c(c3)OCO4)s2)cc1. The maximum Gasteiger partial charge on any atom is 0.237 e. The molecule has 0 saturated carbocycles. The number of rotatable bonds is 7. The number of hydrogen-bond donors (Lipinski definition) is 2. The Morgan fingerprint density at radius 1 is 1.14 bits per heavy atom. The van der Waals surface area contributed by atoms with Gasteiger partial charge in [-0.1, -0.05) is 42.2 Å². The van der Waals surface area contributed by atoms with Crippen LogP contribution in [-0.4, -0.2) is 28.1 Å². The van der Waals surface area contributed by atoms with Crippen molar-refractivity contribution in [2.45, 2.75) is 29.9 Å². The number of nitrogens with one attached hydrogen (secondary N) is 2. The van der Waals surface area contributed by atoms with Gasteiger partial charge in [0.1, 0.15) is 0 Å². The van der Waals surface area contributed by atoms with E-state index in [4.69, 9.17) is 9.47 Å². The fourth-order valence-corrected chi connectivity index (χ4v) is 4.59. The molecule has 1 amide bonds. The zero-order valence-electron chi connectivity index (χ0n) is 16.0. The third-order valence-corrected chi connectivity index (χ3v) is 6.33. The van der Waals surface area contributed by atoms with Gasteiger partial charge < -0.3 is 20.1 Å². The van der Waals surface area contributed by atoms with E-state index in [1.165, 1.54) is 28.7 Å². The van der Waals surface area contributed by atoms with Crippen LogP contribution in [-0.2, 0) is 11.2 Å². The Labute approximate surface area is 176 Å². The van der Waals surface area contributed by atoms with Gasteiger partial charge in [-0.15, -0.1) is 10.2 Å². The molecule has 0 unspecified atom stereocenters. The Morgan fingerprint density at radius 2 is 1.90 bits per heavy atom. The average Bonchev–Trinajstić information content (AvgIpc) is 3.37. The first-order valence-corrected chi connectivity index (χ1v) is 10.9. The predicted molar refractivity (Wildman–Crippen MR) is 116 cm³/mol. The lowest BCUT2D eigenvalue weighted by molar-refractivity contribution is -0.115. The number of carbonyl (C=O) groups is 1. The molecule has 2 heterocycles. The number of benzene rings is 2. The number of aryl methyl sites for hydroxylation is 1. The van der Waals surface area contributed by atoms with Crippen LogP contribution in [0.2, 0.25) is 0 Å². The molecule has 2 N–H and O–H groups in total. The third-order valence-electron chi connectivity index (χ3n) is 4.31. The van der Waals surface area contributed by atoms with E-state index >= 15 is 0 Å². The van der Waals surface area contributed by atoms with E-state index in [9.17, 15) is 4.79 Å².